The molecule has 0 aromatic heterocycles. The topological polar surface area (TPSA) is 55.7 Å². The maximum Gasteiger partial charge on any atom is 0.339 e. The van der Waals surface area contributed by atoms with Gasteiger partial charge in [0.05, 0.1) is 19.2 Å². The minimum atomic E-state index is -0.495. The Morgan fingerprint density at radius 2 is 2.00 bits per heavy atom. The van der Waals surface area contributed by atoms with E-state index in [-0.39, 0.29) is 17.9 Å². The maximum absolute atomic E-state index is 11.2. The minimum absolute atomic E-state index is 0.0600. The third-order valence-electron chi connectivity index (χ3n) is 1.37. The van der Waals surface area contributed by atoms with Crippen LogP contribution in [0.4, 0.5) is 0 Å². The van der Waals surface area contributed by atoms with Crippen LogP contribution in [0.5, 0.6) is 0 Å². The first-order chi connectivity index (χ1) is 6.97. The lowest BCUT2D eigenvalue weighted by molar-refractivity contribution is -0.135. The van der Waals surface area contributed by atoms with Gasteiger partial charge in [0.25, 0.3) is 0 Å². The van der Waals surface area contributed by atoms with E-state index in [1.807, 2.05) is 0 Å². The molecular weight excluding hydrogens is 194 g/mol. The highest BCUT2D eigenvalue weighted by Crippen LogP contribution is 2.00. The molecule has 0 amide bonds. The van der Waals surface area contributed by atoms with E-state index in [2.05, 4.69) is 16.3 Å². The van der Waals surface area contributed by atoms with Gasteiger partial charge in [0.15, 0.2) is 5.78 Å². The van der Waals surface area contributed by atoms with Crippen molar-refractivity contribution in [2.24, 2.45) is 4.99 Å². The van der Waals surface area contributed by atoms with Crippen molar-refractivity contribution < 1.29 is 14.3 Å². The number of ketones is 1. The van der Waals surface area contributed by atoms with Gasteiger partial charge in [-0.2, -0.15) is 0 Å². The van der Waals surface area contributed by atoms with Gasteiger partial charge < -0.3 is 4.74 Å². The molecule has 0 radical (unpaired) electrons. The summed E-state index contributed by atoms with van der Waals surface area (Å²) < 4.78 is 4.55. The lowest BCUT2D eigenvalue weighted by Crippen LogP contribution is -2.07. The largest absolute Gasteiger partial charge is 0.465 e. The molecule has 4 nitrogen and oxygen atoms in total. The van der Waals surface area contributed by atoms with Crippen molar-refractivity contribution >= 4 is 18.0 Å². The molecule has 82 valence electrons. The number of hydrogen-bond acceptors (Lipinski definition) is 4. The molecular formula is C11H15NO3. The second kappa shape index (κ2) is 6.70. The Balaban J connectivity index is 4.66. The molecule has 0 aliphatic heterocycles. The van der Waals surface area contributed by atoms with Gasteiger partial charge in [-0.3, -0.25) is 9.79 Å². The molecule has 0 unspecified atom stereocenters. The predicted molar refractivity (Wildman–Crippen MR) is 59.0 cm³/mol. The molecule has 0 N–H and O–H groups in total. The second-order valence-corrected chi connectivity index (χ2v) is 3.11. The van der Waals surface area contributed by atoms with E-state index in [1.165, 1.54) is 20.2 Å². The Kier molecular flexibility index (Phi) is 5.94. The Morgan fingerprint density at radius 3 is 2.40 bits per heavy atom. The summed E-state index contributed by atoms with van der Waals surface area (Å²) in [6.45, 7) is 6.88. The highest BCUT2D eigenvalue weighted by Gasteiger charge is 2.06. The third kappa shape index (κ3) is 6.37. The molecule has 15 heavy (non-hydrogen) atoms. The van der Waals surface area contributed by atoms with E-state index >= 15 is 0 Å². The predicted octanol–water partition coefficient (Wildman–Crippen LogP) is 1.32. The SMILES string of the molecule is C=C(C)/C=C(\C=NCC(C)=O)C(=O)OC. The summed E-state index contributed by atoms with van der Waals surface area (Å²) in [6.07, 6.45) is 2.87. The summed E-state index contributed by atoms with van der Waals surface area (Å²) in [5.74, 6) is -0.559. The van der Waals surface area contributed by atoms with Crippen molar-refractivity contribution in [2.75, 3.05) is 13.7 Å². The number of methoxy groups -OCH3 is 1. The molecule has 0 rings (SSSR count). The van der Waals surface area contributed by atoms with E-state index < -0.39 is 5.97 Å². The lowest BCUT2D eigenvalue weighted by Gasteiger charge is -1.99. The molecule has 0 atom stereocenters. The van der Waals surface area contributed by atoms with Gasteiger partial charge in [-0.25, -0.2) is 4.79 Å². The monoisotopic (exact) mass is 209 g/mol. The molecule has 0 bridgehead atoms. The number of nitrogens with zero attached hydrogens (tertiary/aromatic N) is 1. The number of ether oxygens (including phenoxy) is 1. The standard InChI is InChI=1S/C11H15NO3/c1-8(2)5-10(11(14)15-4)7-12-6-9(3)13/h5,7H,1,6H2,2-4H3/b10-5+,12-7?. The maximum atomic E-state index is 11.2. The summed E-state index contributed by atoms with van der Waals surface area (Å²) in [7, 11) is 1.29. The van der Waals surface area contributed by atoms with E-state index in [0.29, 0.717) is 5.57 Å². The third-order valence-corrected chi connectivity index (χ3v) is 1.37. The van der Waals surface area contributed by atoms with Crippen molar-refractivity contribution in [1.29, 1.82) is 0 Å². The second-order valence-electron chi connectivity index (χ2n) is 3.11. The minimum Gasteiger partial charge on any atom is -0.465 e. The van der Waals surface area contributed by atoms with Crippen molar-refractivity contribution in [3.05, 3.63) is 23.8 Å². The lowest BCUT2D eigenvalue weighted by atomic mass is 10.2. The van der Waals surface area contributed by atoms with E-state index in [0.717, 1.165) is 0 Å². The first-order valence-corrected chi connectivity index (χ1v) is 4.42. The normalized spacial score (nSPS) is 11.5. The zero-order valence-corrected chi connectivity index (χ0v) is 9.24. The fourth-order valence-corrected chi connectivity index (χ4v) is 0.805. The Labute approximate surface area is 89.3 Å². The molecule has 4 heteroatoms. The van der Waals surface area contributed by atoms with Crippen LogP contribution in [0.2, 0.25) is 0 Å². The first-order valence-electron chi connectivity index (χ1n) is 4.42. The fourth-order valence-electron chi connectivity index (χ4n) is 0.805. The van der Waals surface area contributed by atoms with E-state index in [4.69, 9.17) is 0 Å². The molecule has 0 aromatic carbocycles. The number of hydrogen-bond donors (Lipinski definition) is 0. The number of Topliss-reactive ketones (excluding diaryl/α,β-unsaturated/α-hetero) is 1. The summed E-state index contributed by atoms with van der Waals surface area (Å²) in [4.78, 5) is 25.6. The smallest absolute Gasteiger partial charge is 0.339 e. The van der Waals surface area contributed by atoms with Crippen molar-refractivity contribution in [3.63, 3.8) is 0 Å². The van der Waals surface area contributed by atoms with Gasteiger partial charge in [-0.05, 0) is 19.9 Å². The summed E-state index contributed by atoms with van der Waals surface area (Å²) in [5.41, 5.74) is 0.996. The van der Waals surface area contributed by atoms with Crippen LogP contribution < -0.4 is 0 Å². The number of aliphatic imine (C=N–C) groups is 1. The number of carbonyl (C=O) groups is 2. The van der Waals surface area contributed by atoms with Crippen LogP contribution in [-0.2, 0) is 14.3 Å². The summed E-state index contributed by atoms with van der Waals surface area (Å²) in [5, 5.41) is 0. The van der Waals surface area contributed by atoms with Crippen molar-refractivity contribution in [3.8, 4) is 0 Å². The molecule has 0 fully saturated rings. The highest BCUT2D eigenvalue weighted by atomic mass is 16.5. The van der Waals surface area contributed by atoms with Crippen LogP contribution in [0.15, 0.2) is 28.8 Å². The summed E-state index contributed by atoms with van der Waals surface area (Å²) >= 11 is 0. The van der Waals surface area contributed by atoms with Gasteiger partial charge >= 0.3 is 5.97 Å². The quantitative estimate of drug-likeness (QED) is 0.297. The van der Waals surface area contributed by atoms with Crippen molar-refractivity contribution in [1.82, 2.24) is 0 Å². The van der Waals surface area contributed by atoms with Crippen LogP contribution in [0.1, 0.15) is 13.8 Å². The Morgan fingerprint density at radius 1 is 1.40 bits per heavy atom. The molecule has 0 saturated carbocycles. The average molecular weight is 209 g/mol. The van der Waals surface area contributed by atoms with Crippen molar-refractivity contribution in [2.45, 2.75) is 13.8 Å². The van der Waals surface area contributed by atoms with Gasteiger partial charge in [0, 0.05) is 6.21 Å². The molecule has 0 aliphatic carbocycles. The molecule has 0 aromatic rings. The van der Waals surface area contributed by atoms with Crippen LogP contribution in [-0.4, -0.2) is 31.6 Å². The molecule has 0 spiro atoms. The van der Waals surface area contributed by atoms with E-state index in [9.17, 15) is 9.59 Å². The van der Waals surface area contributed by atoms with Crippen LogP contribution in [0.3, 0.4) is 0 Å². The van der Waals surface area contributed by atoms with Gasteiger partial charge in [0.1, 0.15) is 0 Å². The number of carbonyl (C=O) groups excluding carboxylic acids is 2. The molecule has 0 heterocycles. The van der Waals surface area contributed by atoms with Gasteiger partial charge in [-0.15, -0.1) is 0 Å². The van der Waals surface area contributed by atoms with Crippen LogP contribution in [0.25, 0.3) is 0 Å². The molecule has 0 aliphatic rings. The van der Waals surface area contributed by atoms with E-state index in [1.54, 1.807) is 13.0 Å². The summed E-state index contributed by atoms with van der Waals surface area (Å²) in [6, 6.07) is 0. The highest BCUT2D eigenvalue weighted by molar-refractivity contribution is 6.10. The molecule has 0 saturated heterocycles. The van der Waals surface area contributed by atoms with Crippen LogP contribution >= 0.6 is 0 Å². The zero-order chi connectivity index (χ0) is 11.8. The Hall–Kier alpha value is -1.71. The number of rotatable bonds is 5. The van der Waals surface area contributed by atoms with Gasteiger partial charge in [0.2, 0.25) is 0 Å². The average Bonchev–Trinajstić information content (AvgIpc) is 2.14. The number of allylic oxidation sites excluding steroid dienone is 2. The Bertz CT molecular complexity index is 327. The zero-order valence-electron chi connectivity index (χ0n) is 9.24. The fraction of sp³-hybridized carbons (Fsp3) is 0.364. The van der Waals surface area contributed by atoms with Gasteiger partial charge in [-0.1, -0.05) is 12.2 Å². The van der Waals surface area contributed by atoms with Crippen LogP contribution in [0, 0.1) is 0 Å². The first kappa shape index (κ1) is 13.3. The number of esters is 1.